The van der Waals surface area contributed by atoms with Crippen molar-refractivity contribution in [3.63, 3.8) is 0 Å². The van der Waals surface area contributed by atoms with Crippen LogP contribution in [0.15, 0.2) is 65.6 Å². The topological polar surface area (TPSA) is 75.7 Å². The number of alkyl halides is 3. The van der Waals surface area contributed by atoms with Gasteiger partial charge in [-0.3, -0.25) is 9.59 Å². The average Bonchev–Trinajstić information content (AvgIpc) is 3.16. The molecule has 158 valence electrons. The molecule has 2 aromatic carbocycles. The molecule has 3 rings (SSSR count). The molecule has 2 aromatic rings. The minimum atomic E-state index is -5.19. The molecule has 3 amide bonds. The molecule has 0 aromatic heterocycles. The van der Waals surface area contributed by atoms with Crippen molar-refractivity contribution in [3.05, 3.63) is 66.2 Å². The molecular weight excluding hydrogens is 421 g/mol. The van der Waals surface area contributed by atoms with Gasteiger partial charge in [-0.15, -0.1) is 11.8 Å². The van der Waals surface area contributed by atoms with E-state index in [4.69, 9.17) is 4.74 Å². The molecule has 1 saturated heterocycles. The number of benzene rings is 2. The van der Waals surface area contributed by atoms with Crippen LogP contribution in [0.2, 0.25) is 0 Å². The third-order valence-electron chi connectivity index (χ3n) is 4.27. The summed E-state index contributed by atoms with van der Waals surface area (Å²) in [6.45, 7) is -0.167. The van der Waals surface area contributed by atoms with Gasteiger partial charge in [0.15, 0.2) is 0 Å². The Labute approximate surface area is 174 Å². The summed E-state index contributed by atoms with van der Waals surface area (Å²) in [5.41, 5.74) is 0.514. The van der Waals surface area contributed by atoms with Crippen LogP contribution in [0.1, 0.15) is 10.8 Å². The lowest BCUT2D eigenvalue weighted by Gasteiger charge is -2.29. The lowest BCUT2D eigenvalue weighted by Crippen LogP contribution is -2.54. The Morgan fingerprint density at radius 3 is 2.17 bits per heavy atom. The molecule has 0 bridgehead atoms. The monoisotopic (exact) mass is 438 g/mol. The van der Waals surface area contributed by atoms with Gasteiger partial charge in [-0.05, 0) is 17.7 Å². The molecule has 30 heavy (non-hydrogen) atoms. The zero-order valence-corrected chi connectivity index (χ0v) is 16.3. The number of cyclic esters (lactones) is 1. The maximum Gasteiger partial charge on any atom is 0.471 e. The lowest BCUT2D eigenvalue weighted by atomic mass is 10.0. The van der Waals surface area contributed by atoms with Gasteiger partial charge in [0.2, 0.25) is 0 Å². The molecule has 10 heteroatoms. The third-order valence-corrected chi connectivity index (χ3v) is 5.62. The summed E-state index contributed by atoms with van der Waals surface area (Å²) in [6.07, 6.45) is -6.15. The lowest BCUT2D eigenvalue weighted by molar-refractivity contribution is -0.175. The third kappa shape index (κ3) is 5.12. The highest BCUT2D eigenvalue weighted by molar-refractivity contribution is 7.99. The van der Waals surface area contributed by atoms with Crippen LogP contribution in [0.25, 0.3) is 0 Å². The van der Waals surface area contributed by atoms with Crippen molar-refractivity contribution in [3.8, 4) is 0 Å². The van der Waals surface area contributed by atoms with Gasteiger partial charge in [0.25, 0.3) is 5.91 Å². The highest BCUT2D eigenvalue weighted by Gasteiger charge is 2.45. The standard InChI is InChI=1S/C20H17F3N2O4S/c21-20(22,23)18(27)24-15(17(26)25-11-12-29-19(25)28)16(13-7-3-1-4-8-13)30-14-9-5-2-6-10-14/h1-10,15-16H,11-12H2,(H,24,27). The quantitative estimate of drug-likeness (QED) is 0.699. The summed E-state index contributed by atoms with van der Waals surface area (Å²) in [7, 11) is 0. The first kappa shape index (κ1) is 21.7. The zero-order chi connectivity index (χ0) is 21.7. The van der Waals surface area contributed by atoms with E-state index in [1.807, 2.05) is 0 Å². The number of amides is 3. The van der Waals surface area contributed by atoms with Crippen molar-refractivity contribution >= 4 is 29.7 Å². The van der Waals surface area contributed by atoms with Crippen molar-refractivity contribution in [2.45, 2.75) is 22.4 Å². The number of imide groups is 1. The van der Waals surface area contributed by atoms with Crippen LogP contribution < -0.4 is 5.32 Å². The van der Waals surface area contributed by atoms with Crippen LogP contribution in [-0.4, -0.2) is 48.2 Å². The first-order valence-corrected chi connectivity index (χ1v) is 9.78. The Morgan fingerprint density at radius 1 is 1.03 bits per heavy atom. The van der Waals surface area contributed by atoms with Gasteiger partial charge in [-0.1, -0.05) is 48.5 Å². The van der Waals surface area contributed by atoms with Gasteiger partial charge in [-0.2, -0.15) is 13.2 Å². The smallest absolute Gasteiger partial charge is 0.447 e. The highest BCUT2D eigenvalue weighted by Crippen LogP contribution is 2.39. The van der Waals surface area contributed by atoms with E-state index >= 15 is 0 Å². The Hall–Kier alpha value is -3.01. The fourth-order valence-corrected chi connectivity index (χ4v) is 4.09. The van der Waals surface area contributed by atoms with E-state index in [0.29, 0.717) is 15.4 Å². The molecule has 1 heterocycles. The van der Waals surface area contributed by atoms with Crippen molar-refractivity contribution in [2.75, 3.05) is 13.2 Å². The number of carbonyl (C=O) groups excluding carboxylic acids is 3. The first-order chi connectivity index (χ1) is 14.3. The van der Waals surface area contributed by atoms with E-state index in [-0.39, 0.29) is 13.2 Å². The van der Waals surface area contributed by atoms with Crippen molar-refractivity contribution in [2.24, 2.45) is 0 Å². The predicted octanol–water partition coefficient (Wildman–Crippen LogP) is 3.55. The summed E-state index contributed by atoms with van der Waals surface area (Å²) >= 11 is 1.11. The summed E-state index contributed by atoms with van der Waals surface area (Å²) in [4.78, 5) is 38.0. The van der Waals surface area contributed by atoms with Gasteiger partial charge < -0.3 is 10.1 Å². The molecule has 0 radical (unpaired) electrons. The summed E-state index contributed by atoms with van der Waals surface area (Å²) in [6, 6.07) is 15.4. The second kappa shape index (κ2) is 9.21. The molecule has 1 N–H and O–H groups in total. The SMILES string of the molecule is O=C1OCCN1C(=O)C(NC(=O)C(F)(F)F)C(Sc1ccccc1)c1ccccc1. The number of hydrogen-bond donors (Lipinski definition) is 1. The molecule has 1 aliphatic heterocycles. The number of nitrogens with zero attached hydrogens (tertiary/aromatic N) is 1. The number of thioether (sulfide) groups is 1. The van der Waals surface area contributed by atoms with E-state index in [2.05, 4.69) is 0 Å². The molecule has 2 unspecified atom stereocenters. The van der Waals surface area contributed by atoms with E-state index in [0.717, 1.165) is 11.8 Å². The Balaban J connectivity index is 2.01. The molecule has 1 aliphatic rings. The normalized spacial score (nSPS) is 16.0. The summed E-state index contributed by atoms with van der Waals surface area (Å²) < 4.78 is 43.7. The molecule has 0 spiro atoms. The van der Waals surface area contributed by atoms with E-state index in [9.17, 15) is 27.6 Å². The second-order valence-electron chi connectivity index (χ2n) is 6.32. The number of rotatable bonds is 6. The number of hydrogen-bond acceptors (Lipinski definition) is 5. The molecule has 0 saturated carbocycles. The van der Waals surface area contributed by atoms with Crippen LogP contribution in [-0.2, 0) is 14.3 Å². The maximum absolute atomic E-state index is 13.1. The van der Waals surface area contributed by atoms with Crippen LogP contribution in [0.5, 0.6) is 0 Å². The van der Waals surface area contributed by atoms with Gasteiger partial charge in [0.1, 0.15) is 12.6 Å². The fourth-order valence-electron chi connectivity index (χ4n) is 2.87. The van der Waals surface area contributed by atoms with E-state index < -0.39 is 35.4 Å². The summed E-state index contributed by atoms with van der Waals surface area (Å²) in [5, 5.41) is 0.859. The Morgan fingerprint density at radius 2 is 1.63 bits per heavy atom. The summed E-state index contributed by atoms with van der Waals surface area (Å²) in [5.74, 6) is -3.23. The van der Waals surface area contributed by atoms with Gasteiger partial charge >= 0.3 is 18.2 Å². The Kier molecular flexibility index (Phi) is 6.66. The van der Waals surface area contributed by atoms with Gasteiger partial charge in [0.05, 0.1) is 11.8 Å². The number of carbonyl (C=O) groups is 3. The fraction of sp³-hybridized carbons (Fsp3) is 0.250. The number of halogens is 3. The minimum absolute atomic E-state index is 0.0632. The number of nitrogens with one attached hydrogen (secondary N) is 1. The van der Waals surface area contributed by atoms with Crippen LogP contribution in [0, 0.1) is 0 Å². The maximum atomic E-state index is 13.1. The Bertz CT molecular complexity index is 909. The predicted molar refractivity (Wildman–Crippen MR) is 103 cm³/mol. The van der Waals surface area contributed by atoms with Crippen molar-refractivity contribution < 1.29 is 32.3 Å². The minimum Gasteiger partial charge on any atom is -0.447 e. The molecular formula is C20H17F3N2O4S. The first-order valence-electron chi connectivity index (χ1n) is 8.90. The average molecular weight is 438 g/mol. The van der Waals surface area contributed by atoms with E-state index in [1.54, 1.807) is 66.0 Å². The zero-order valence-electron chi connectivity index (χ0n) is 15.5. The van der Waals surface area contributed by atoms with Crippen molar-refractivity contribution in [1.29, 1.82) is 0 Å². The van der Waals surface area contributed by atoms with Crippen LogP contribution in [0.3, 0.4) is 0 Å². The molecule has 2 atom stereocenters. The van der Waals surface area contributed by atoms with Crippen LogP contribution in [0.4, 0.5) is 18.0 Å². The van der Waals surface area contributed by atoms with Gasteiger partial charge in [-0.25, -0.2) is 9.69 Å². The molecule has 1 fully saturated rings. The van der Waals surface area contributed by atoms with Gasteiger partial charge in [0, 0.05) is 4.90 Å². The molecule has 0 aliphatic carbocycles. The second-order valence-corrected chi connectivity index (χ2v) is 7.53. The number of ether oxygens (including phenoxy) is 1. The molecule has 6 nitrogen and oxygen atoms in total. The largest absolute Gasteiger partial charge is 0.471 e. The van der Waals surface area contributed by atoms with Crippen molar-refractivity contribution in [1.82, 2.24) is 10.2 Å². The van der Waals surface area contributed by atoms with E-state index in [1.165, 1.54) is 0 Å². The highest BCUT2D eigenvalue weighted by atomic mass is 32.2. The van der Waals surface area contributed by atoms with Crippen LogP contribution >= 0.6 is 11.8 Å².